The van der Waals surface area contributed by atoms with Crippen LogP contribution in [-0.2, 0) is 7.05 Å². The summed E-state index contributed by atoms with van der Waals surface area (Å²) in [5.41, 5.74) is 6.08. The topological polar surface area (TPSA) is 52.8 Å². The SMILES string of the molecule is COc1cc(OC)cc(C(=O)N=c2sc(-c3ccccc3)c(-c3ccc(C)c(C)c3)n2C)c1. The lowest BCUT2D eigenvalue weighted by Gasteiger charge is -2.10. The van der Waals surface area contributed by atoms with Crippen LogP contribution in [0.5, 0.6) is 11.5 Å². The van der Waals surface area contributed by atoms with Gasteiger partial charge in [0.1, 0.15) is 11.5 Å². The highest BCUT2D eigenvalue weighted by Crippen LogP contribution is 2.35. The van der Waals surface area contributed by atoms with E-state index in [9.17, 15) is 4.79 Å². The number of benzene rings is 3. The molecule has 0 saturated heterocycles. The monoisotopic (exact) mass is 458 g/mol. The number of thiazole rings is 1. The molecule has 4 aromatic rings. The molecule has 168 valence electrons. The molecule has 0 unspecified atom stereocenters. The zero-order chi connectivity index (χ0) is 23.5. The van der Waals surface area contributed by atoms with Crippen molar-refractivity contribution in [3.8, 4) is 33.2 Å². The van der Waals surface area contributed by atoms with Crippen LogP contribution in [0.1, 0.15) is 21.5 Å². The number of methoxy groups -OCH3 is 2. The fourth-order valence-electron chi connectivity index (χ4n) is 3.63. The predicted molar refractivity (Wildman–Crippen MR) is 133 cm³/mol. The van der Waals surface area contributed by atoms with Crippen molar-refractivity contribution in [3.05, 3.63) is 88.2 Å². The van der Waals surface area contributed by atoms with Gasteiger partial charge in [-0.1, -0.05) is 53.8 Å². The number of nitrogens with zero attached hydrogens (tertiary/aromatic N) is 2. The molecule has 0 aliphatic heterocycles. The van der Waals surface area contributed by atoms with Gasteiger partial charge in [-0.15, -0.1) is 0 Å². The highest BCUT2D eigenvalue weighted by atomic mass is 32.1. The number of carbonyl (C=O) groups is 1. The Labute approximate surface area is 197 Å². The van der Waals surface area contributed by atoms with Gasteiger partial charge in [-0.2, -0.15) is 4.99 Å². The smallest absolute Gasteiger partial charge is 0.279 e. The van der Waals surface area contributed by atoms with E-state index in [0.29, 0.717) is 21.9 Å². The zero-order valence-corrected chi connectivity index (χ0v) is 20.2. The van der Waals surface area contributed by atoms with Crippen LogP contribution in [0.25, 0.3) is 21.7 Å². The average molecular weight is 459 g/mol. The molecule has 1 heterocycles. The fraction of sp³-hybridized carbons (Fsp3) is 0.185. The van der Waals surface area contributed by atoms with E-state index in [0.717, 1.165) is 21.7 Å². The van der Waals surface area contributed by atoms with Crippen LogP contribution in [-0.4, -0.2) is 24.7 Å². The summed E-state index contributed by atoms with van der Waals surface area (Å²) < 4.78 is 12.6. The second-order valence-electron chi connectivity index (χ2n) is 7.80. The van der Waals surface area contributed by atoms with E-state index in [1.807, 2.05) is 29.8 Å². The van der Waals surface area contributed by atoms with Gasteiger partial charge in [0, 0.05) is 18.7 Å². The Balaban J connectivity index is 1.90. The maximum Gasteiger partial charge on any atom is 0.279 e. The van der Waals surface area contributed by atoms with E-state index in [2.05, 4.69) is 49.2 Å². The summed E-state index contributed by atoms with van der Waals surface area (Å²) in [4.78, 5) is 19.3. The van der Waals surface area contributed by atoms with Crippen molar-refractivity contribution < 1.29 is 14.3 Å². The third-order valence-corrected chi connectivity index (χ3v) is 6.82. The lowest BCUT2D eigenvalue weighted by atomic mass is 10.0. The van der Waals surface area contributed by atoms with Gasteiger partial charge in [0.15, 0.2) is 4.80 Å². The van der Waals surface area contributed by atoms with Gasteiger partial charge in [0.25, 0.3) is 5.91 Å². The summed E-state index contributed by atoms with van der Waals surface area (Å²) >= 11 is 1.50. The maximum atomic E-state index is 13.1. The number of aryl methyl sites for hydroxylation is 2. The molecule has 1 amide bonds. The summed E-state index contributed by atoms with van der Waals surface area (Å²) in [6.45, 7) is 4.21. The number of rotatable bonds is 5. The number of carbonyl (C=O) groups excluding carboxylic acids is 1. The predicted octanol–water partition coefficient (Wildman–Crippen LogP) is 5.80. The van der Waals surface area contributed by atoms with E-state index in [1.54, 1.807) is 32.4 Å². The van der Waals surface area contributed by atoms with Gasteiger partial charge >= 0.3 is 0 Å². The van der Waals surface area contributed by atoms with Crippen molar-refractivity contribution in [2.45, 2.75) is 13.8 Å². The summed E-state index contributed by atoms with van der Waals surface area (Å²) in [5, 5.41) is 0. The second-order valence-corrected chi connectivity index (χ2v) is 8.78. The Hall–Kier alpha value is -3.64. The summed E-state index contributed by atoms with van der Waals surface area (Å²) in [6, 6.07) is 21.7. The maximum absolute atomic E-state index is 13.1. The molecular weight excluding hydrogens is 432 g/mol. The van der Waals surface area contributed by atoms with Gasteiger partial charge in [-0.05, 0) is 54.3 Å². The minimum Gasteiger partial charge on any atom is -0.497 e. The van der Waals surface area contributed by atoms with E-state index in [4.69, 9.17) is 9.47 Å². The molecular formula is C27H26N2O3S. The third kappa shape index (κ3) is 4.61. The average Bonchev–Trinajstić information content (AvgIpc) is 3.16. The molecule has 1 aromatic heterocycles. The first-order valence-corrected chi connectivity index (χ1v) is 11.4. The highest BCUT2D eigenvalue weighted by molar-refractivity contribution is 7.13. The van der Waals surface area contributed by atoms with Gasteiger partial charge in [0.2, 0.25) is 0 Å². The summed E-state index contributed by atoms with van der Waals surface area (Å²) in [7, 11) is 5.06. The van der Waals surface area contributed by atoms with Crippen molar-refractivity contribution in [3.63, 3.8) is 0 Å². The number of ether oxygens (including phenoxy) is 2. The Morgan fingerprint density at radius 1 is 0.848 bits per heavy atom. The number of amides is 1. The van der Waals surface area contributed by atoms with Gasteiger partial charge in [0.05, 0.1) is 24.8 Å². The van der Waals surface area contributed by atoms with Crippen molar-refractivity contribution in [1.82, 2.24) is 4.57 Å². The minimum absolute atomic E-state index is 0.352. The molecule has 0 radical (unpaired) electrons. The quantitative estimate of drug-likeness (QED) is 0.380. The lowest BCUT2D eigenvalue weighted by Crippen LogP contribution is -2.14. The molecule has 0 spiro atoms. The molecule has 4 rings (SSSR count). The third-order valence-electron chi connectivity index (χ3n) is 5.64. The van der Waals surface area contributed by atoms with Crippen molar-refractivity contribution >= 4 is 17.2 Å². The first-order chi connectivity index (χ1) is 15.9. The molecule has 0 atom stereocenters. The van der Waals surface area contributed by atoms with Crippen LogP contribution < -0.4 is 14.3 Å². The highest BCUT2D eigenvalue weighted by Gasteiger charge is 2.17. The van der Waals surface area contributed by atoms with Crippen LogP contribution in [0.15, 0.2) is 71.7 Å². The Morgan fingerprint density at radius 2 is 1.52 bits per heavy atom. The van der Waals surface area contributed by atoms with Crippen LogP contribution in [0.3, 0.4) is 0 Å². The van der Waals surface area contributed by atoms with Crippen LogP contribution in [0, 0.1) is 13.8 Å². The number of aromatic nitrogens is 1. The van der Waals surface area contributed by atoms with Gasteiger partial charge < -0.3 is 14.0 Å². The summed E-state index contributed by atoms with van der Waals surface area (Å²) in [6.07, 6.45) is 0. The second kappa shape index (κ2) is 9.46. The van der Waals surface area contributed by atoms with E-state index < -0.39 is 0 Å². The standard InChI is InChI=1S/C27H26N2O3S/c1-17-11-12-20(13-18(17)2)24-25(19-9-7-6-8-10-19)33-27(29(24)3)28-26(30)21-14-22(31-4)16-23(15-21)32-5/h6-16H,1-5H3. The molecule has 0 N–H and O–H groups in total. The van der Waals surface area contributed by atoms with Gasteiger partial charge in [-0.3, -0.25) is 4.79 Å². The number of hydrogen-bond acceptors (Lipinski definition) is 4. The van der Waals surface area contributed by atoms with E-state index in [-0.39, 0.29) is 5.91 Å². The largest absolute Gasteiger partial charge is 0.497 e. The Bertz CT molecular complexity index is 1360. The zero-order valence-electron chi connectivity index (χ0n) is 19.4. The van der Waals surface area contributed by atoms with Crippen LogP contribution in [0.4, 0.5) is 0 Å². The normalized spacial score (nSPS) is 11.5. The van der Waals surface area contributed by atoms with Crippen molar-refractivity contribution in [2.24, 2.45) is 12.0 Å². The molecule has 0 saturated carbocycles. The number of hydrogen-bond donors (Lipinski definition) is 0. The molecule has 33 heavy (non-hydrogen) atoms. The molecule has 0 aliphatic rings. The van der Waals surface area contributed by atoms with E-state index in [1.165, 1.54) is 22.5 Å². The molecule has 5 nitrogen and oxygen atoms in total. The molecule has 0 fully saturated rings. The minimum atomic E-state index is -0.352. The van der Waals surface area contributed by atoms with Crippen LogP contribution >= 0.6 is 11.3 Å². The van der Waals surface area contributed by atoms with Crippen molar-refractivity contribution in [2.75, 3.05) is 14.2 Å². The molecule has 0 bridgehead atoms. The fourth-order valence-corrected chi connectivity index (χ4v) is 4.78. The first kappa shape index (κ1) is 22.6. The van der Waals surface area contributed by atoms with Crippen LogP contribution in [0.2, 0.25) is 0 Å². The van der Waals surface area contributed by atoms with Gasteiger partial charge in [-0.25, -0.2) is 0 Å². The first-order valence-electron chi connectivity index (χ1n) is 10.6. The molecule has 0 aliphatic carbocycles. The summed E-state index contributed by atoms with van der Waals surface area (Å²) in [5.74, 6) is 0.740. The van der Waals surface area contributed by atoms with E-state index >= 15 is 0 Å². The van der Waals surface area contributed by atoms with Crippen molar-refractivity contribution in [1.29, 1.82) is 0 Å². The Morgan fingerprint density at radius 3 is 2.12 bits per heavy atom. The Kier molecular flexibility index (Phi) is 6.47. The molecule has 3 aromatic carbocycles. The lowest BCUT2D eigenvalue weighted by molar-refractivity contribution is 0.0997. The molecule has 6 heteroatoms.